The maximum absolute atomic E-state index is 7.32. The van der Waals surface area contributed by atoms with E-state index in [9.17, 15) is 0 Å². The molecule has 1 aliphatic carbocycles. The molecule has 0 heterocycles. The molecule has 0 saturated heterocycles. The van der Waals surface area contributed by atoms with Gasteiger partial charge >= 0.3 is 0 Å². The second-order valence-corrected chi connectivity index (χ2v) is 3.70. The van der Waals surface area contributed by atoms with Gasteiger partial charge in [-0.1, -0.05) is 6.58 Å². The van der Waals surface area contributed by atoms with E-state index < -0.39 is 0 Å². The van der Waals surface area contributed by atoms with Crippen LogP contribution in [0.1, 0.15) is 25.7 Å². The lowest BCUT2D eigenvalue weighted by molar-refractivity contribution is 0.509. The molecule has 0 amide bonds. The molecule has 0 aromatic rings. The SMILES string of the molecule is C=C(C1=C(C=N)CCCC1)N(C)C. The Bertz CT molecular complexity index is 249. The molecule has 0 atom stereocenters. The lowest BCUT2D eigenvalue weighted by atomic mass is 9.90. The number of likely N-dealkylation sites (N-methyl/N-ethyl adjacent to an activating group) is 1. The molecular formula is C11H18N2. The Hall–Kier alpha value is -1.05. The van der Waals surface area contributed by atoms with Crippen LogP contribution in [0.15, 0.2) is 23.4 Å². The number of nitrogens with one attached hydrogen (secondary N) is 1. The van der Waals surface area contributed by atoms with Crippen molar-refractivity contribution >= 4 is 6.21 Å². The lowest BCUT2D eigenvalue weighted by Crippen LogP contribution is -2.15. The topological polar surface area (TPSA) is 27.1 Å². The Morgan fingerprint density at radius 2 is 2.00 bits per heavy atom. The molecule has 0 aromatic heterocycles. The van der Waals surface area contributed by atoms with Crippen molar-refractivity contribution in [3.8, 4) is 0 Å². The lowest BCUT2D eigenvalue weighted by Gasteiger charge is -2.24. The zero-order valence-corrected chi connectivity index (χ0v) is 8.56. The number of hydrogen-bond donors (Lipinski definition) is 1. The predicted molar refractivity (Wildman–Crippen MR) is 57.1 cm³/mol. The summed E-state index contributed by atoms with van der Waals surface area (Å²) in [6.45, 7) is 4.04. The van der Waals surface area contributed by atoms with E-state index in [1.807, 2.05) is 19.0 Å². The standard InChI is InChI=1S/C11H18N2/c1-9(13(2)3)11-7-5-4-6-10(11)8-12/h8,12H,1,4-7H2,2-3H3. The van der Waals surface area contributed by atoms with E-state index in [-0.39, 0.29) is 0 Å². The average molecular weight is 178 g/mol. The second kappa shape index (κ2) is 4.26. The van der Waals surface area contributed by atoms with Crippen molar-refractivity contribution in [1.82, 2.24) is 4.90 Å². The highest BCUT2D eigenvalue weighted by atomic mass is 15.1. The van der Waals surface area contributed by atoms with E-state index in [0.29, 0.717) is 0 Å². The molecule has 1 rings (SSSR count). The van der Waals surface area contributed by atoms with Crippen LogP contribution in [-0.2, 0) is 0 Å². The molecular weight excluding hydrogens is 160 g/mol. The highest BCUT2D eigenvalue weighted by Gasteiger charge is 2.14. The van der Waals surface area contributed by atoms with Gasteiger partial charge in [-0.25, -0.2) is 0 Å². The fraction of sp³-hybridized carbons (Fsp3) is 0.545. The third kappa shape index (κ3) is 2.20. The van der Waals surface area contributed by atoms with Crippen LogP contribution in [0.5, 0.6) is 0 Å². The molecule has 2 nitrogen and oxygen atoms in total. The van der Waals surface area contributed by atoms with Gasteiger partial charge < -0.3 is 10.3 Å². The minimum atomic E-state index is 1.05. The summed E-state index contributed by atoms with van der Waals surface area (Å²) in [5.74, 6) is 0. The van der Waals surface area contributed by atoms with Crippen LogP contribution in [0, 0.1) is 5.41 Å². The third-order valence-electron chi connectivity index (χ3n) is 2.57. The molecule has 2 heteroatoms. The van der Waals surface area contributed by atoms with Crippen molar-refractivity contribution in [2.45, 2.75) is 25.7 Å². The van der Waals surface area contributed by atoms with Gasteiger partial charge in [0.1, 0.15) is 0 Å². The molecule has 0 unspecified atom stereocenters. The molecule has 0 aliphatic heterocycles. The van der Waals surface area contributed by atoms with Crippen LogP contribution in [-0.4, -0.2) is 25.2 Å². The number of hydrogen-bond acceptors (Lipinski definition) is 2. The van der Waals surface area contributed by atoms with Crippen molar-refractivity contribution in [1.29, 1.82) is 5.41 Å². The largest absolute Gasteiger partial charge is 0.378 e. The summed E-state index contributed by atoms with van der Waals surface area (Å²) in [6.07, 6.45) is 6.07. The Balaban J connectivity index is 2.90. The second-order valence-electron chi connectivity index (χ2n) is 3.70. The summed E-state index contributed by atoms with van der Waals surface area (Å²) in [4.78, 5) is 2.03. The van der Waals surface area contributed by atoms with Gasteiger partial charge in [0.25, 0.3) is 0 Å². The van der Waals surface area contributed by atoms with E-state index in [1.54, 1.807) is 0 Å². The fourth-order valence-corrected chi connectivity index (χ4v) is 1.69. The van der Waals surface area contributed by atoms with Gasteiger partial charge in [-0.3, -0.25) is 0 Å². The molecule has 1 aliphatic rings. The van der Waals surface area contributed by atoms with Gasteiger partial charge in [0.15, 0.2) is 0 Å². The van der Waals surface area contributed by atoms with Gasteiger partial charge in [0, 0.05) is 26.0 Å². The first-order valence-corrected chi connectivity index (χ1v) is 4.76. The van der Waals surface area contributed by atoms with Gasteiger partial charge in [0.05, 0.1) is 0 Å². The van der Waals surface area contributed by atoms with Crippen LogP contribution in [0.25, 0.3) is 0 Å². The van der Waals surface area contributed by atoms with Crippen molar-refractivity contribution in [2.75, 3.05) is 14.1 Å². The fourth-order valence-electron chi connectivity index (χ4n) is 1.69. The van der Waals surface area contributed by atoms with Gasteiger partial charge in [-0.05, 0) is 36.8 Å². The smallest absolute Gasteiger partial charge is 0.0323 e. The van der Waals surface area contributed by atoms with Crippen LogP contribution < -0.4 is 0 Å². The van der Waals surface area contributed by atoms with E-state index in [4.69, 9.17) is 5.41 Å². The van der Waals surface area contributed by atoms with E-state index in [1.165, 1.54) is 30.2 Å². The molecule has 0 spiro atoms. The van der Waals surface area contributed by atoms with Crippen molar-refractivity contribution in [3.63, 3.8) is 0 Å². The normalized spacial score (nSPS) is 17.1. The van der Waals surface area contributed by atoms with Gasteiger partial charge in [0.2, 0.25) is 0 Å². The number of nitrogens with zero attached hydrogens (tertiary/aromatic N) is 1. The molecule has 13 heavy (non-hydrogen) atoms. The highest BCUT2D eigenvalue weighted by molar-refractivity contribution is 5.78. The maximum atomic E-state index is 7.32. The third-order valence-corrected chi connectivity index (χ3v) is 2.57. The Kier molecular flexibility index (Phi) is 3.29. The molecule has 0 radical (unpaired) electrons. The zero-order valence-electron chi connectivity index (χ0n) is 8.56. The monoisotopic (exact) mass is 178 g/mol. The summed E-state index contributed by atoms with van der Waals surface area (Å²) in [6, 6.07) is 0. The Labute approximate surface area is 80.4 Å². The number of rotatable bonds is 3. The summed E-state index contributed by atoms with van der Waals surface area (Å²) in [5, 5.41) is 7.32. The summed E-state index contributed by atoms with van der Waals surface area (Å²) in [5.41, 5.74) is 3.52. The minimum Gasteiger partial charge on any atom is -0.378 e. The summed E-state index contributed by atoms with van der Waals surface area (Å²) >= 11 is 0. The predicted octanol–water partition coefficient (Wildman–Crippen LogP) is 2.58. The van der Waals surface area contributed by atoms with E-state index in [2.05, 4.69) is 6.58 Å². The van der Waals surface area contributed by atoms with Crippen LogP contribution in [0.2, 0.25) is 0 Å². The molecule has 72 valence electrons. The van der Waals surface area contributed by atoms with Gasteiger partial charge in [-0.15, -0.1) is 0 Å². The van der Waals surface area contributed by atoms with Crippen molar-refractivity contribution in [3.05, 3.63) is 23.4 Å². The molecule has 0 aromatic carbocycles. The molecule has 1 N–H and O–H groups in total. The summed E-state index contributed by atoms with van der Waals surface area (Å²) < 4.78 is 0. The van der Waals surface area contributed by atoms with Gasteiger partial charge in [-0.2, -0.15) is 0 Å². The Morgan fingerprint density at radius 3 is 2.54 bits per heavy atom. The van der Waals surface area contributed by atoms with Crippen LogP contribution in [0.3, 0.4) is 0 Å². The average Bonchev–Trinajstić information content (AvgIpc) is 2.16. The highest BCUT2D eigenvalue weighted by Crippen LogP contribution is 2.28. The number of allylic oxidation sites excluding steroid dienone is 2. The Morgan fingerprint density at radius 1 is 1.38 bits per heavy atom. The first-order valence-electron chi connectivity index (χ1n) is 4.76. The molecule has 0 fully saturated rings. The quantitative estimate of drug-likeness (QED) is 0.661. The summed E-state index contributed by atoms with van der Waals surface area (Å²) in [7, 11) is 4.01. The maximum Gasteiger partial charge on any atom is 0.0323 e. The van der Waals surface area contributed by atoms with Crippen molar-refractivity contribution in [2.24, 2.45) is 0 Å². The first-order chi connectivity index (χ1) is 6.16. The van der Waals surface area contributed by atoms with Crippen molar-refractivity contribution < 1.29 is 0 Å². The zero-order chi connectivity index (χ0) is 9.84. The van der Waals surface area contributed by atoms with E-state index in [0.717, 1.165) is 18.5 Å². The molecule has 0 saturated carbocycles. The van der Waals surface area contributed by atoms with E-state index >= 15 is 0 Å². The molecule has 0 bridgehead atoms. The minimum absolute atomic E-state index is 1.05. The first kappa shape index (κ1) is 10.0. The van der Waals surface area contributed by atoms with Crippen LogP contribution >= 0.6 is 0 Å². The van der Waals surface area contributed by atoms with Crippen LogP contribution in [0.4, 0.5) is 0 Å².